The minimum absolute atomic E-state index is 0. The second-order valence-electron chi connectivity index (χ2n) is 6.42. The lowest BCUT2D eigenvalue weighted by atomic mass is 10.1. The topological polar surface area (TPSA) is 121 Å². The molecule has 166 valence electrons. The van der Waals surface area contributed by atoms with E-state index in [4.69, 9.17) is 27.2 Å². The van der Waals surface area contributed by atoms with Crippen LogP contribution in [-0.2, 0) is 4.79 Å². The molecule has 8 nitrogen and oxygen atoms in total. The van der Waals surface area contributed by atoms with Gasteiger partial charge in [0.15, 0.2) is 12.0 Å². The highest BCUT2D eigenvalue weighted by Crippen LogP contribution is 2.26. The van der Waals surface area contributed by atoms with E-state index in [9.17, 15) is 18.7 Å². The average Bonchev–Trinajstić information content (AvgIpc) is 2.65. The van der Waals surface area contributed by atoms with Gasteiger partial charge < -0.3 is 20.7 Å². The van der Waals surface area contributed by atoms with Crippen LogP contribution in [0.5, 0.6) is 11.6 Å². The van der Waals surface area contributed by atoms with Gasteiger partial charge in [-0.3, -0.25) is 9.80 Å². The Balaban J connectivity index is 0.00000341. The number of halogens is 4. The minimum Gasteiger partial charge on any atom is -0.481 e. The quantitative estimate of drug-likeness (QED) is 0.563. The Morgan fingerprint density at radius 1 is 1.32 bits per heavy atom. The number of hydrogen-bond acceptors (Lipinski definition) is 7. The van der Waals surface area contributed by atoms with Crippen molar-refractivity contribution in [1.82, 2.24) is 9.99 Å². The van der Waals surface area contributed by atoms with Crippen LogP contribution in [-0.4, -0.2) is 50.7 Å². The molecule has 0 unspecified atom stereocenters. The zero-order valence-electron chi connectivity index (χ0n) is 15.8. The summed E-state index contributed by atoms with van der Waals surface area (Å²) in [6.45, 7) is -0.0500. The molecule has 2 atom stereocenters. The molecule has 3 rings (SSSR count). The molecule has 2 aromatic rings. The summed E-state index contributed by atoms with van der Waals surface area (Å²) >= 11 is 5.63. The maximum absolute atomic E-state index is 14.6. The van der Waals surface area contributed by atoms with E-state index in [2.05, 4.69) is 10.1 Å². The highest BCUT2D eigenvalue weighted by Gasteiger charge is 2.22. The Morgan fingerprint density at radius 3 is 2.71 bits per heavy atom. The van der Waals surface area contributed by atoms with E-state index >= 15 is 0 Å². The molecule has 0 amide bonds. The van der Waals surface area contributed by atoms with Crippen molar-refractivity contribution in [3.8, 4) is 11.6 Å². The number of carboxylic acids is 1. The number of carbonyl (C=O) groups is 1. The number of benzene rings is 1. The number of rotatable bonds is 7. The van der Waals surface area contributed by atoms with Crippen molar-refractivity contribution in [2.45, 2.75) is 18.7 Å². The number of aliphatic hydroxyl groups is 1. The van der Waals surface area contributed by atoms with Crippen LogP contribution in [0.25, 0.3) is 0 Å². The highest BCUT2D eigenvalue weighted by atomic mass is 35.5. The molecule has 0 aliphatic carbocycles. The predicted octanol–water partition coefficient (Wildman–Crippen LogP) is 2.92. The molecule has 1 aromatic heterocycles. The van der Waals surface area contributed by atoms with E-state index in [1.54, 1.807) is 0 Å². The number of nitrogens with two attached hydrogens (primary N) is 1. The van der Waals surface area contributed by atoms with Crippen LogP contribution in [0.2, 0.25) is 5.02 Å². The Bertz CT molecular complexity index is 1020. The second-order valence-corrected chi connectivity index (χ2v) is 6.86. The predicted molar refractivity (Wildman–Crippen MR) is 112 cm³/mol. The molecule has 0 bridgehead atoms. The molecular formula is C19H18Cl2F2N4O4. The molecule has 1 aliphatic rings. The number of hydrogen-bond donors (Lipinski definition) is 3. The first kappa shape index (κ1) is 24.5. The van der Waals surface area contributed by atoms with E-state index in [1.807, 2.05) is 0 Å². The number of carboxylic acid groups (broad SMARTS) is 1. The van der Waals surface area contributed by atoms with Crippen LogP contribution in [0.3, 0.4) is 0 Å². The summed E-state index contributed by atoms with van der Waals surface area (Å²) in [5.41, 5.74) is 6.01. The van der Waals surface area contributed by atoms with Crippen LogP contribution >= 0.6 is 24.0 Å². The third kappa shape index (κ3) is 6.34. The largest absolute Gasteiger partial charge is 0.481 e. The molecule has 2 heterocycles. The van der Waals surface area contributed by atoms with Crippen molar-refractivity contribution in [2.75, 3.05) is 6.54 Å². The first-order valence-corrected chi connectivity index (χ1v) is 9.08. The number of hydrazone groups is 1. The van der Waals surface area contributed by atoms with Crippen LogP contribution in [0.15, 0.2) is 47.7 Å². The van der Waals surface area contributed by atoms with E-state index in [-0.39, 0.29) is 53.3 Å². The molecule has 1 aliphatic heterocycles. The van der Waals surface area contributed by atoms with Gasteiger partial charge in [0.25, 0.3) is 5.88 Å². The summed E-state index contributed by atoms with van der Waals surface area (Å²) < 4.78 is 33.7. The van der Waals surface area contributed by atoms with Crippen molar-refractivity contribution >= 4 is 35.7 Å². The van der Waals surface area contributed by atoms with Gasteiger partial charge in [-0.1, -0.05) is 11.6 Å². The van der Waals surface area contributed by atoms with Crippen molar-refractivity contribution in [1.29, 1.82) is 0 Å². The van der Waals surface area contributed by atoms with Crippen LogP contribution in [0, 0.1) is 11.6 Å². The first-order chi connectivity index (χ1) is 14.2. The number of ether oxygens (including phenoxy) is 1. The SMILES string of the molecule is Cl.N[C@@H](CC(=O)O)CN1N=C(c2ccc(Oc3ncc(Cl)cc3F)cc2F)C=C[C@@H]1O. The summed E-state index contributed by atoms with van der Waals surface area (Å²) in [4.78, 5) is 14.5. The van der Waals surface area contributed by atoms with Gasteiger partial charge in [0.05, 0.1) is 23.7 Å². The number of aliphatic carboxylic acids is 1. The monoisotopic (exact) mass is 474 g/mol. The maximum atomic E-state index is 14.6. The van der Waals surface area contributed by atoms with Gasteiger partial charge in [-0.25, -0.2) is 13.8 Å². The average molecular weight is 475 g/mol. The summed E-state index contributed by atoms with van der Waals surface area (Å²) in [6.07, 6.45) is 2.54. The van der Waals surface area contributed by atoms with Crippen molar-refractivity contribution in [3.63, 3.8) is 0 Å². The lowest BCUT2D eigenvalue weighted by Gasteiger charge is -2.28. The van der Waals surface area contributed by atoms with Gasteiger partial charge in [-0.2, -0.15) is 5.10 Å². The fraction of sp³-hybridized carbons (Fsp3) is 0.211. The van der Waals surface area contributed by atoms with Gasteiger partial charge in [0.2, 0.25) is 0 Å². The normalized spacial score (nSPS) is 16.4. The molecular weight excluding hydrogens is 457 g/mol. The molecule has 12 heteroatoms. The molecule has 0 radical (unpaired) electrons. The van der Waals surface area contributed by atoms with Gasteiger partial charge in [0.1, 0.15) is 11.6 Å². The lowest BCUT2D eigenvalue weighted by Crippen LogP contribution is -2.42. The van der Waals surface area contributed by atoms with Crippen LogP contribution in [0.4, 0.5) is 8.78 Å². The number of aromatic nitrogens is 1. The summed E-state index contributed by atoms with van der Waals surface area (Å²) in [5.74, 6) is -2.94. The Hall–Kier alpha value is -2.79. The number of allylic oxidation sites excluding steroid dienone is 1. The number of pyridine rings is 1. The van der Waals surface area contributed by atoms with Gasteiger partial charge in [-0.15, -0.1) is 12.4 Å². The molecule has 0 saturated carbocycles. The van der Waals surface area contributed by atoms with E-state index in [0.29, 0.717) is 0 Å². The molecule has 0 saturated heterocycles. The zero-order valence-corrected chi connectivity index (χ0v) is 17.4. The third-order valence-electron chi connectivity index (χ3n) is 4.03. The number of nitrogens with zero attached hydrogens (tertiary/aromatic N) is 3. The van der Waals surface area contributed by atoms with E-state index < -0.39 is 29.9 Å². The second kappa shape index (κ2) is 10.5. The molecule has 31 heavy (non-hydrogen) atoms. The Morgan fingerprint density at radius 2 is 2.06 bits per heavy atom. The standard InChI is InChI=1S/C19H17ClF2N4O4.ClH/c20-10-5-15(22)19(24-8-10)30-12-1-2-13(14(21)7-12)16-3-4-17(27)26(25-16)9-11(23)6-18(28)29;/h1-5,7-8,11,17,27H,6,9,23H2,(H,28,29);1H/t11-,17-;/m0./s1. The van der Waals surface area contributed by atoms with Crippen LogP contribution in [0.1, 0.15) is 12.0 Å². The minimum atomic E-state index is -1.13. The molecule has 4 N–H and O–H groups in total. The van der Waals surface area contributed by atoms with E-state index in [0.717, 1.165) is 12.1 Å². The molecule has 0 spiro atoms. The third-order valence-corrected chi connectivity index (χ3v) is 4.24. The fourth-order valence-electron chi connectivity index (χ4n) is 2.68. The van der Waals surface area contributed by atoms with Crippen molar-refractivity contribution < 1.29 is 28.5 Å². The number of aliphatic hydroxyl groups excluding tert-OH is 1. The van der Waals surface area contributed by atoms with Crippen molar-refractivity contribution in [2.24, 2.45) is 10.8 Å². The van der Waals surface area contributed by atoms with Crippen LogP contribution < -0.4 is 10.5 Å². The van der Waals surface area contributed by atoms with E-state index in [1.165, 1.54) is 35.5 Å². The highest BCUT2D eigenvalue weighted by molar-refractivity contribution is 6.30. The van der Waals surface area contributed by atoms with Gasteiger partial charge in [0, 0.05) is 23.9 Å². The maximum Gasteiger partial charge on any atom is 0.304 e. The Labute approximate surface area is 187 Å². The summed E-state index contributed by atoms with van der Waals surface area (Å²) in [6, 6.07) is 4.04. The zero-order chi connectivity index (χ0) is 21.8. The van der Waals surface area contributed by atoms with Crippen molar-refractivity contribution in [3.05, 3.63) is 64.8 Å². The van der Waals surface area contributed by atoms with Gasteiger partial charge in [-0.05, 0) is 30.4 Å². The molecule has 0 fully saturated rings. The first-order valence-electron chi connectivity index (χ1n) is 8.70. The van der Waals surface area contributed by atoms with Gasteiger partial charge >= 0.3 is 5.97 Å². The molecule has 1 aromatic carbocycles. The lowest BCUT2D eigenvalue weighted by molar-refractivity contribution is -0.137. The summed E-state index contributed by atoms with van der Waals surface area (Å²) in [7, 11) is 0. The summed E-state index contributed by atoms with van der Waals surface area (Å²) in [5, 5.41) is 24.2. The fourth-order valence-corrected chi connectivity index (χ4v) is 2.83. The smallest absolute Gasteiger partial charge is 0.304 e. The Kier molecular flexibility index (Phi) is 8.28.